The van der Waals surface area contributed by atoms with Crippen molar-refractivity contribution in [1.82, 2.24) is 5.32 Å². The van der Waals surface area contributed by atoms with E-state index in [1.165, 1.54) is 13.2 Å². The molecule has 0 spiro atoms. The lowest BCUT2D eigenvalue weighted by Gasteiger charge is -2.05. The molecular weight excluding hydrogens is 207 g/mol. The molecule has 0 atom stereocenters. The minimum atomic E-state index is -0.336. The van der Waals surface area contributed by atoms with E-state index in [9.17, 15) is 4.39 Å². The summed E-state index contributed by atoms with van der Waals surface area (Å²) in [4.78, 5) is 0. The molecule has 0 aromatic heterocycles. The van der Waals surface area contributed by atoms with Crippen molar-refractivity contribution in [2.24, 2.45) is 0 Å². The number of halogens is 1. The number of nitriles is 1. The van der Waals surface area contributed by atoms with E-state index in [0.717, 1.165) is 18.5 Å². The van der Waals surface area contributed by atoms with Crippen molar-refractivity contribution in [3.05, 3.63) is 29.6 Å². The van der Waals surface area contributed by atoms with Gasteiger partial charge < -0.3 is 10.1 Å². The third-order valence-electron chi connectivity index (χ3n) is 2.22. The fourth-order valence-corrected chi connectivity index (χ4v) is 1.37. The summed E-state index contributed by atoms with van der Waals surface area (Å²) in [6.07, 6.45) is 1.24. The molecule has 1 rings (SSSR count). The number of methoxy groups -OCH3 is 1. The van der Waals surface area contributed by atoms with Crippen molar-refractivity contribution in [3.63, 3.8) is 0 Å². The van der Waals surface area contributed by atoms with E-state index in [1.54, 1.807) is 6.07 Å². The molecule has 1 aromatic rings. The van der Waals surface area contributed by atoms with E-state index in [2.05, 4.69) is 11.4 Å². The van der Waals surface area contributed by atoms with Gasteiger partial charge in [-0.15, -0.1) is 0 Å². The molecule has 1 aromatic carbocycles. The van der Waals surface area contributed by atoms with Crippen LogP contribution in [-0.2, 0) is 6.42 Å². The molecule has 0 amide bonds. The zero-order valence-corrected chi connectivity index (χ0v) is 9.29. The number of rotatable bonds is 6. The maximum atomic E-state index is 13.3. The molecule has 0 radical (unpaired) electrons. The molecule has 0 bridgehead atoms. The first kappa shape index (κ1) is 12.5. The summed E-state index contributed by atoms with van der Waals surface area (Å²) < 4.78 is 18.1. The predicted octanol–water partition coefficient (Wildman–Crippen LogP) is 1.88. The number of nitrogens with zero attached hydrogens (tertiary/aromatic N) is 1. The molecule has 0 saturated carbocycles. The van der Waals surface area contributed by atoms with Crippen LogP contribution in [0, 0.1) is 17.1 Å². The number of ether oxygens (including phenoxy) is 1. The summed E-state index contributed by atoms with van der Waals surface area (Å²) in [5.41, 5.74) is 0.919. The maximum absolute atomic E-state index is 13.3. The van der Waals surface area contributed by atoms with E-state index in [0.29, 0.717) is 13.0 Å². The van der Waals surface area contributed by atoms with Gasteiger partial charge in [0.15, 0.2) is 11.6 Å². The molecule has 3 nitrogen and oxygen atoms in total. The normalized spacial score (nSPS) is 9.81. The highest BCUT2D eigenvalue weighted by Crippen LogP contribution is 2.17. The van der Waals surface area contributed by atoms with Crippen molar-refractivity contribution in [2.75, 3.05) is 20.2 Å². The minimum absolute atomic E-state index is 0.265. The third-order valence-corrected chi connectivity index (χ3v) is 2.22. The van der Waals surface area contributed by atoms with E-state index in [1.807, 2.05) is 6.07 Å². The second-order valence-electron chi connectivity index (χ2n) is 3.38. The van der Waals surface area contributed by atoms with Crippen molar-refractivity contribution in [1.29, 1.82) is 5.26 Å². The second kappa shape index (κ2) is 6.81. The number of nitrogens with one attached hydrogen (secondary N) is 1. The first-order valence-corrected chi connectivity index (χ1v) is 5.18. The first-order chi connectivity index (χ1) is 7.77. The molecule has 0 aliphatic rings. The van der Waals surface area contributed by atoms with Crippen LogP contribution >= 0.6 is 0 Å². The zero-order chi connectivity index (χ0) is 11.8. The lowest BCUT2D eigenvalue weighted by molar-refractivity contribution is 0.386. The monoisotopic (exact) mass is 222 g/mol. The van der Waals surface area contributed by atoms with Crippen LogP contribution in [0.2, 0.25) is 0 Å². The number of hydrogen-bond acceptors (Lipinski definition) is 3. The number of hydrogen-bond donors (Lipinski definition) is 1. The van der Waals surface area contributed by atoms with Crippen LogP contribution in [0.1, 0.15) is 12.0 Å². The maximum Gasteiger partial charge on any atom is 0.165 e. The van der Waals surface area contributed by atoms with E-state index < -0.39 is 0 Å². The molecular formula is C12H15FN2O. The summed E-state index contributed by atoms with van der Waals surface area (Å²) in [6.45, 7) is 1.42. The number of benzene rings is 1. The average Bonchev–Trinajstić information content (AvgIpc) is 2.29. The molecule has 0 aliphatic carbocycles. The SMILES string of the molecule is COc1ccc(CCNCCC#N)cc1F. The van der Waals surface area contributed by atoms with Gasteiger partial charge in [0.25, 0.3) is 0 Å². The van der Waals surface area contributed by atoms with Gasteiger partial charge in [-0.1, -0.05) is 6.07 Å². The van der Waals surface area contributed by atoms with Gasteiger partial charge in [-0.2, -0.15) is 5.26 Å². The Bertz CT molecular complexity index is 374. The lowest BCUT2D eigenvalue weighted by atomic mass is 10.1. The summed E-state index contributed by atoms with van der Waals surface area (Å²) >= 11 is 0. The van der Waals surface area contributed by atoms with Crippen LogP contribution in [0.25, 0.3) is 0 Å². The fraction of sp³-hybridized carbons (Fsp3) is 0.417. The Labute approximate surface area is 94.8 Å². The highest BCUT2D eigenvalue weighted by atomic mass is 19.1. The van der Waals surface area contributed by atoms with Crippen molar-refractivity contribution in [2.45, 2.75) is 12.8 Å². The molecule has 16 heavy (non-hydrogen) atoms. The van der Waals surface area contributed by atoms with Crippen LogP contribution in [0.15, 0.2) is 18.2 Å². The molecule has 0 aliphatic heterocycles. The van der Waals surface area contributed by atoms with Crippen LogP contribution < -0.4 is 10.1 Å². The first-order valence-electron chi connectivity index (χ1n) is 5.18. The third kappa shape index (κ3) is 3.87. The summed E-state index contributed by atoms with van der Waals surface area (Å²) in [5, 5.41) is 11.4. The predicted molar refractivity (Wildman–Crippen MR) is 59.8 cm³/mol. The Morgan fingerprint density at radius 2 is 2.25 bits per heavy atom. The molecule has 0 fully saturated rings. The minimum Gasteiger partial charge on any atom is -0.494 e. The molecule has 0 saturated heterocycles. The van der Waals surface area contributed by atoms with E-state index in [4.69, 9.17) is 10.00 Å². The molecule has 1 N–H and O–H groups in total. The lowest BCUT2D eigenvalue weighted by Crippen LogP contribution is -2.18. The topological polar surface area (TPSA) is 45.0 Å². The van der Waals surface area contributed by atoms with E-state index in [-0.39, 0.29) is 11.6 Å². The van der Waals surface area contributed by atoms with E-state index >= 15 is 0 Å². The largest absolute Gasteiger partial charge is 0.494 e. The second-order valence-corrected chi connectivity index (χ2v) is 3.38. The summed E-state index contributed by atoms with van der Waals surface area (Å²) in [5.74, 6) is -0.0711. The van der Waals surface area contributed by atoms with Crippen LogP contribution in [0.5, 0.6) is 5.75 Å². The van der Waals surface area contributed by atoms with Crippen LogP contribution in [0.3, 0.4) is 0 Å². The van der Waals surface area contributed by atoms with Crippen molar-refractivity contribution >= 4 is 0 Å². The Hall–Kier alpha value is -1.60. The highest BCUT2D eigenvalue weighted by molar-refractivity contribution is 5.29. The molecule has 0 heterocycles. The van der Waals surface area contributed by atoms with Gasteiger partial charge in [0.2, 0.25) is 0 Å². The average molecular weight is 222 g/mol. The Kier molecular flexibility index (Phi) is 5.30. The standard InChI is InChI=1S/C12H15FN2O/c1-16-12-4-3-10(9-11(12)13)5-8-15-7-2-6-14/h3-4,9,15H,2,5,7-8H2,1H3. The van der Waals surface area contributed by atoms with Gasteiger partial charge >= 0.3 is 0 Å². The van der Waals surface area contributed by atoms with Crippen LogP contribution in [-0.4, -0.2) is 20.2 Å². The highest BCUT2D eigenvalue weighted by Gasteiger charge is 2.02. The van der Waals surface area contributed by atoms with Gasteiger partial charge in [0, 0.05) is 13.0 Å². The Morgan fingerprint density at radius 3 is 2.88 bits per heavy atom. The van der Waals surface area contributed by atoms with Gasteiger partial charge in [-0.05, 0) is 30.7 Å². The van der Waals surface area contributed by atoms with Gasteiger partial charge in [0.1, 0.15) is 0 Å². The van der Waals surface area contributed by atoms with Gasteiger partial charge in [-0.25, -0.2) is 4.39 Å². The molecule has 86 valence electrons. The molecule has 0 unspecified atom stereocenters. The molecule has 4 heteroatoms. The Morgan fingerprint density at radius 1 is 1.44 bits per heavy atom. The van der Waals surface area contributed by atoms with Gasteiger partial charge in [-0.3, -0.25) is 0 Å². The summed E-state index contributed by atoms with van der Waals surface area (Å²) in [7, 11) is 1.45. The quantitative estimate of drug-likeness (QED) is 0.747. The van der Waals surface area contributed by atoms with Crippen molar-refractivity contribution in [3.8, 4) is 11.8 Å². The van der Waals surface area contributed by atoms with Gasteiger partial charge in [0.05, 0.1) is 13.2 Å². The fourth-order valence-electron chi connectivity index (χ4n) is 1.37. The summed E-state index contributed by atoms with van der Waals surface area (Å²) in [6, 6.07) is 6.99. The van der Waals surface area contributed by atoms with Crippen LogP contribution in [0.4, 0.5) is 4.39 Å². The smallest absolute Gasteiger partial charge is 0.165 e. The van der Waals surface area contributed by atoms with Crippen molar-refractivity contribution < 1.29 is 9.13 Å². The zero-order valence-electron chi connectivity index (χ0n) is 9.29. The Balaban J connectivity index is 2.38.